The zero-order valence-electron chi connectivity index (χ0n) is 14.8. The van der Waals surface area contributed by atoms with E-state index < -0.39 is 29.1 Å². The summed E-state index contributed by atoms with van der Waals surface area (Å²) in [6.07, 6.45) is -2.98. The fraction of sp³-hybridized carbons (Fsp3) is 0.250. The fourth-order valence-corrected chi connectivity index (χ4v) is 3.00. The van der Waals surface area contributed by atoms with Crippen molar-refractivity contribution in [2.45, 2.75) is 25.6 Å². The first-order valence-electron chi connectivity index (χ1n) is 8.03. The summed E-state index contributed by atoms with van der Waals surface area (Å²) in [5.74, 6) is -1.12. The monoisotopic (exact) mass is 380 g/mol. The molecule has 0 radical (unpaired) electrons. The molecule has 0 amide bonds. The molecule has 1 aliphatic heterocycles. The second kappa shape index (κ2) is 6.40. The summed E-state index contributed by atoms with van der Waals surface area (Å²) in [7, 11) is 1.15. The molecular weight excluding hydrogens is 364 g/mol. The van der Waals surface area contributed by atoms with Crippen LogP contribution >= 0.6 is 0 Å². The number of ether oxygens (including phenoxy) is 2. The number of carbonyl (C=O) groups is 1. The van der Waals surface area contributed by atoms with Crippen molar-refractivity contribution in [2.24, 2.45) is 0 Å². The zero-order chi connectivity index (χ0) is 20.0. The zero-order valence-corrected chi connectivity index (χ0v) is 14.8. The molecule has 1 aliphatic rings. The Bertz CT molecular complexity index is 943. The average Bonchev–Trinajstić information content (AvgIpc) is 2.57. The van der Waals surface area contributed by atoms with Crippen molar-refractivity contribution in [1.82, 2.24) is 0 Å². The molecule has 2 aromatic carbocycles. The number of fused-ring (bicyclic) bond motifs is 1. The minimum atomic E-state index is -4.59. The second-order valence-corrected chi connectivity index (χ2v) is 6.65. The van der Waals surface area contributed by atoms with Crippen LogP contribution in [0.3, 0.4) is 0 Å². The number of methoxy groups -OCH3 is 1. The Morgan fingerprint density at radius 2 is 1.78 bits per heavy atom. The van der Waals surface area contributed by atoms with Gasteiger partial charge in [0.05, 0.1) is 18.2 Å². The van der Waals surface area contributed by atoms with E-state index in [-0.39, 0.29) is 16.9 Å². The van der Waals surface area contributed by atoms with Gasteiger partial charge in [-0.3, -0.25) is 0 Å². The molecule has 0 atom stereocenters. The Kier molecular flexibility index (Phi) is 4.49. The number of alkyl halides is 3. The van der Waals surface area contributed by atoms with Crippen LogP contribution in [0.1, 0.15) is 40.9 Å². The molecule has 0 spiro atoms. The summed E-state index contributed by atoms with van der Waals surface area (Å²) in [5.41, 5.74) is -1.07. The van der Waals surface area contributed by atoms with Crippen molar-refractivity contribution in [3.63, 3.8) is 0 Å². The van der Waals surface area contributed by atoms with E-state index in [1.165, 1.54) is 12.1 Å². The van der Waals surface area contributed by atoms with Crippen LogP contribution in [0.25, 0.3) is 5.57 Å². The maximum absolute atomic E-state index is 13.6. The standard InChI is InChI=1S/C20H16F4O3/c1-19(2)10-16(13-7-5-12(21)9-17(13)27-19)15-8-11(20(22,23)24)4-6-14(15)18(25)26-3/h4-10H,1-3H3. The quantitative estimate of drug-likeness (QED) is 0.528. The smallest absolute Gasteiger partial charge is 0.416 e. The van der Waals surface area contributed by atoms with E-state index in [2.05, 4.69) is 0 Å². The maximum atomic E-state index is 13.6. The largest absolute Gasteiger partial charge is 0.483 e. The van der Waals surface area contributed by atoms with Crippen molar-refractivity contribution in [3.05, 3.63) is 70.5 Å². The van der Waals surface area contributed by atoms with E-state index in [0.29, 0.717) is 11.1 Å². The topological polar surface area (TPSA) is 35.5 Å². The van der Waals surface area contributed by atoms with E-state index >= 15 is 0 Å². The van der Waals surface area contributed by atoms with Crippen LogP contribution in [0.15, 0.2) is 42.5 Å². The van der Waals surface area contributed by atoms with Gasteiger partial charge in [-0.1, -0.05) is 0 Å². The number of halogens is 4. The van der Waals surface area contributed by atoms with Crippen LogP contribution in [-0.2, 0) is 10.9 Å². The lowest BCUT2D eigenvalue weighted by Gasteiger charge is -2.32. The third-order valence-electron chi connectivity index (χ3n) is 4.14. The third-order valence-corrected chi connectivity index (χ3v) is 4.14. The molecule has 0 aromatic heterocycles. The molecule has 0 unspecified atom stereocenters. The molecule has 2 aromatic rings. The van der Waals surface area contributed by atoms with E-state index in [9.17, 15) is 22.4 Å². The molecule has 27 heavy (non-hydrogen) atoms. The van der Waals surface area contributed by atoms with Gasteiger partial charge in [0.25, 0.3) is 0 Å². The van der Waals surface area contributed by atoms with Crippen molar-refractivity contribution in [2.75, 3.05) is 7.11 Å². The minimum Gasteiger partial charge on any atom is -0.483 e. The molecule has 0 fully saturated rings. The van der Waals surface area contributed by atoms with Gasteiger partial charge in [0.2, 0.25) is 0 Å². The number of rotatable bonds is 2. The van der Waals surface area contributed by atoms with Gasteiger partial charge in [-0.15, -0.1) is 0 Å². The molecule has 0 saturated carbocycles. The second-order valence-electron chi connectivity index (χ2n) is 6.65. The Hall–Kier alpha value is -2.83. The normalized spacial score (nSPS) is 15.4. The lowest BCUT2D eigenvalue weighted by atomic mass is 9.86. The van der Waals surface area contributed by atoms with E-state index in [4.69, 9.17) is 9.47 Å². The first kappa shape index (κ1) is 18.9. The summed E-state index contributed by atoms with van der Waals surface area (Å²) in [4.78, 5) is 12.1. The highest BCUT2D eigenvalue weighted by Crippen LogP contribution is 2.42. The van der Waals surface area contributed by atoms with Gasteiger partial charge in [-0.25, -0.2) is 9.18 Å². The van der Waals surface area contributed by atoms with Gasteiger partial charge in [0.1, 0.15) is 17.2 Å². The molecule has 0 N–H and O–H groups in total. The SMILES string of the molecule is COC(=O)c1ccc(C(F)(F)F)cc1C1=CC(C)(C)Oc2cc(F)ccc21. The average molecular weight is 380 g/mol. The molecule has 0 saturated heterocycles. The van der Waals surface area contributed by atoms with Crippen LogP contribution in [0, 0.1) is 5.82 Å². The molecule has 1 heterocycles. The van der Waals surface area contributed by atoms with Gasteiger partial charge in [0, 0.05) is 11.6 Å². The molecule has 142 valence electrons. The van der Waals surface area contributed by atoms with E-state index in [1.54, 1.807) is 19.9 Å². The highest BCUT2D eigenvalue weighted by atomic mass is 19.4. The number of hydrogen-bond donors (Lipinski definition) is 0. The number of carbonyl (C=O) groups excluding carboxylic acids is 1. The highest BCUT2D eigenvalue weighted by molar-refractivity contribution is 5.99. The lowest BCUT2D eigenvalue weighted by Crippen LogP contribution is -2.29. The Morgan fingerprint density at radius 3 is 2.41 bits per heavy atom. The van der Waals surface area contributed by atoms with Crippen molar-refractivity contribution >= 4 is 11.5 Å². The van der Waals surface area contributed by atoms with Crippen LogP contribution < -0.4 is 4.74 Å². The van der Waals surface area contributed by atoms with Crippen molar-refractivity contribution in [3.8, 4) is 5.75 Å². The van der Waals surface area contributed by atoms with Crippen LogP contribution in [0.2, 0.25) is 0 Å². The lowest BCUT2D eigenvalue weighted by molar-refractivity contribution is -0.137. The fourth-order valence-electron chi connectivity index (χ4n) is 3.00. The minimum absolute atomic E-state index is 0.0234. The highest BCUT2D eigenvalue weighted by Gasteiger charge is 2.34. The predicted octanol–water partition coefficient (Wildman–Crippen LogP) is 5.23. The van der Waals surface area contributed by atoms with E-state index in [0.717, 1.165) is 31.4 Å². The summed E-state index contributed by atoms with van der Waals surface area (Å²) in [5, 5.41) is 0. The van der Waals surface area contributed by atoms with Gasteiger partial charge in [-0.2, -0.15) is 13.2 Å². The van der Waals surface area contributed by atoms with E-state index in [1.807, 2.05) is 0 Å². The predicted molar refractivity (Wildman–Crippen MR) is 91.0 cm³/mol. The number of esters is 1. The Labute approximate surface area is 153 Å². The number of hydrogen-bond acceptors (Lipinski definition) is 3. The number of benzene rings is 2. The molecule has 3 rings (SSSR count). The molecule has 7 heteroatoms. The van der Waals surface area contributed by atoms with Crippen molar-refractivity contribution in [1.29, 1.82) is 0 Å². The summed E-state index contributed by atoms with van der Waals surface area (Å²) >= 11 is 0. The van der Waals surface area contributed by atoms with Crippen LogP contribution in [-0.4, -0.2) is 18.7 Å². The summed E-state index contributed by atoms with van der Waals surface area (Å²) in [6, 6.07) is 6.55. The van der Waals surface area contributed by atoms with Crippen LogP contribution in [0.4, 0.5) is 17.6 Å². The van der Waals surface area contributed by atoms with Gasteiger partial charge >= 0.3 is 12.1 Å². The molecular formula is C20H16F4O3. The van der Waals surface area contributed by atoms with Gasteiger partial charge in [-0.05, 0) is 61.4 Å². The third kappa shape index (κ3) is 3.67. The first-order valence-corrected chi connectivity index (χ1v) is 8.03. The van der Waals surface area contributed by atoms with Gasteiger partial charge in [0.15, 0.2) is 0 Å². The Balaban J connectivity index is 2.30. The van der Waals surface area contributed by atoms with Crippen molar-refractivity contribution < 1.29 is 31.8 Å². The molecule has 0 bridgehead atoms. The summed E-state index contributed by atoms with van der Waals surface area (Å²) < 4.78 is 63.8. The summed E-state index contributed by atoms with van der Waals surface area (Å²) in [6.45, 7) is 3.37. The first-order chi connectivity index (χ1) is 12.5. The molecule has 0 aliphatic carbocycles. The van der Waals surface area contributed by atoms with Gasteiger partial charge < -0.3 is 9.47 Å². The maximum Gasteiger partial charge on any atom is 0.416 e. The molecule has 3 nitrogen and oxygen atoms in total. The van der Waals surface area contributed by atoms with Crippen LogP contribution in [0.5, 0.6) is 5.75 Å². The Morgan fingerprint density at radius 1 is 1.07 bits per heavy atom.